The third-order valence-corrected chi connectivity index (χ3v) is 9.58. The quantitative estimate of drug-likeness (QED) is 0.339. The number of sulfonamides is 1. The maximum atomic E-state index is 14.4. The predicted molar refractivity (Wildman–Crippen MR) is 139 cm³/mol. The molecule has 0 radical (unpaired) electrons. The van der Waals surface area contributed by atoms with E-state index in [1.165, 1.54) is 22.1 Å². The normalized spacial score (nSPS) is 15.1. The van der Waals surface area contributed by atoms with Gasteiger partial charge in [0.2, 0.25) is 10.0 Å². The van der Waals surface area contributed by atoms with Crippen molar-refractivity contribution in [3.05, 3.63) is 88.7 Å². The van der Waals surface area contributed by atoms with Crippen LogP contribution in [0.15, 0.2) is 76.5 Å². The van der Waals surface area contributed by atoms with Gasteiger partial charge in [-0.1, -0.05) is 48.0 Å². The molecule has 1 fully saturated rings. The van der Waals surface area contributed by atoms with Gasteiger partial charge in [-0.25, -0.2) is 17.1 Å². The first-order chi connectivity index (χ1) is 16.3. The molecule has 0 N–H and O–H groups in total. The van der Waals surface area contributed by atoms with Crippen LogP contribution in [0.5, 0.6) is 0 Å². The Hall–Kier alpha value is -2.06. The second-order valence-corrected chi connectivity index (χ2v) is 12.2. The smallest absolute Gasteiger partial charge is 0.243 e. The molecule has 1 saturated heterocycles. The molecule has 34 heavy (non-hydrogen) atoms. The van der Waals surface area contributed by atoms with Gasteiger partial charge < -0.3 is 4.90 Å². The van der Waals surface area contributed by atoms with Gasteiger partial charge in [-0.15, -0.1) is 11.8 Å². The van der Waals surface area contributed by atoms with Gasteiger partial charge in [0.25, 0.3) is 0 Å². The molecular formula is C26H28ClFN2O2S2. The highest BCUT2D eigenvalue weighted by Crippen LogP contribution is 2.36. The van der Waals surface area contributed by atoms with Crippen molar-refractivity contribution in [1.82, 2.24) is 4.31 Å². The summed E-state index contributed by atoms with van der Waals surface area (Å²) in [5.74, 6) is 0.606. The molecule has 8 heteroatoms. The Balaban J connectivity index is 1.48. The second kappa shape index (κ2) is 10.7. The van der Waals surface area contributed by atoms with Crippen LogP contribution in [0.25, 0.3) is 0 Å². The molecule has 0 aromatic heterocycles. The lowest BCUT2D eigenvalue weighted by molar-refractivity contribution is 0.481. The van der Waals surface area contributed by atoms with Crippen molar-refractivity contribution in [2.24, 2.45) is 0 Å². The van der Waals surface area contributed by atoms with E-state index in [1.807, 2.05) is 30.3 Å². The SMILES string of the molecule is CN(C)S(=O)(=O)c1ccccc1SCc1ccccc1N1CCC(c2ccc(Cl)cc2F)CC1. The molecule has 0 spiro atoms. The van der Waals surface area contributed by atoms with E-state index in [9.17, 15) is 12.8 Å². The number of thioether (sulfide) groups is 1. The van der Waals surface area contributed by atoms with Gasteiger partial charge in [0.05, 0.1) is 4.90 Å². The maximum Gasteiger partial charge on any atom is 0.243 e. The summed E-state index contributed by atoms with van der Waals surface area (Å²) in [7, 11) is -0.424. The summed E-state index contributed by atoms with van der Waals surface area (Å²) < 4.78 is 41.1. The second-order valence-electron chi connectivity index (χ2n) is 8.58. The standard InChI is InChI=1S/C26H28ClFN2O2S2/c1-29(2)34(31,32)26-10-6-5-9-25(26)33-18-20-7-3-4-8-24(20)30-15-13-19(14-16-30)22-12-11-21(27)17-23(22)28/h3-12,17,19H,13-16,18H2,1-2H3. The van der Waals surface area contributed by atoms with Crippen LogP contribution in [0.1, 0.15) is 29.9 Å². The highest BCUT2D eigenvalue weighted by Gasteiger charge is 2.25. The zero-order chi connectivity index (χ0) is 24.3. The molecule has 1 aliphatic heterocycles. The molecule has 1 heterocycles. The Bertz CT molecular complexity index is 1260. The Morgan fingerprint density at radius 1 is 1.03 bits per heavy atom. The van der Waals surface area contributed by atoms with E-state index in [0.29, 0.717) is 15.7 Å². The Labute approximate surface area is 210 Å². The number of hydrogen-bond acceptors (Lipinski definition) is 4. The number of benzene rings is 3. The summed E-state index contributed by atoms with van der Waals surface area (Å²) in [5.41, 5.74) is 3.05. The summed E-state index contributed by atoms with van der Waals surface area (Å²) in [6.07, 6.45) is 1.73. The predicted octanol–water partition coefficient (Wildman–Crippen LogP) is 6.41. The van der Waals surface area contributed by atoms with Crippen LogP contribution in [0.3, 0.4) is 0 Å². The van der Waals surface area contributed by atoms with Crippen LogP contribution in [-0.4, -0.2) is 39.9 Å². The molecule has 0 bridgehead atoms. The van der Waals surface area contributed by atoms with Gasteiger partial charge >= 0.3 is 0 Å². The van der Waals surface area contributed by atoms with Crippen LogP contribution >= 0.6 is 23.4 Å². The number of halogens is 2. The maximum absolute atomic E-state index is 14.4. The molecule has 0 saturated carbocycles. The van der Waals surface area contributed by atoms with Crippen LogP contribution in [0.2, 0.25) is 5.02 Å². The zero-order valence-corrected chi connectivity index (χ0v) is 21.6. The highest BCUT2D eigenvalue weighted by atomic mass is 35.5. The molecular weight excluding hydrogens is 491 g/mol. The van der Waals surface area contributed by atoms with E-state index in [0.717, 1.165) is 47.6 Å². The molecule has 4 rings (SSSR count). The fraction of sp³-hybridized carbons (Fsp3) is 0.308. The first-order valence-electron chi connectivity index (χ1n) is 11.2. The van der Waals surface area contributed by atoms with Crippen molar-refractivity contribution in [2.45, 2.75) is 34.3 Å². The fourth-order valence-electron chi connectivity index (χ4n) is 4.34. The average molecular weight is 519 g/mol. The van der Waals surface area contributed by atoms with Crippen molar-refractivity contribution in [3.8, 4) is 0 Å². The third-order valence-electron chi connectivity index (χ3n) is 6.22. The van der Waals surface area contributed by atoms with Crippen LogP contribution in [-0.2, 0) is 15.8 Å². The Morgan fingerprint density at radius 3 is 2.41 bits per heavy atom. The minimum absolute atomic E-state index is 0.179. The van der Waals surface area contributed by atoms with E-state index < -0.39 is 10.0 Å². The summed E-state index contributed by atoms with van der Waals surface area (Å²) in [6.45, 7) is 1.67. The summed E-state index contributed by atoms with van der Waals surface area (Å²) in [6, 6.07) is 20.3. The Kier molecular flexibility index (Phi) is 7.87. The van der Waals surface area contributed by atoms with Crippen molar-refractivity contribution in [2.75, 3.05) is 32.1 Å². The molecule has 3 aromatic carbocycles. The zero-order valence-electron chi connectivity index (χ0n) is 19.2. The molecule has 0 atom stereocenters. The van der Waals surface area contributed by atoms with Crippen LogP contribution in [0.4, 0.5) is 10.1 Å². The van der Waals surface area contributed by atoms with E-state index >= 15 is 0 Å². The lowest BCUT2D eigenvalue weighted by Crippen LogP contribution is -2.33. The number of piperidine rings is 1. The molecule has 0 amide bonds. The number of nitrogens with zero attached hydrogens (tertiary/aromatic N) is 2. The number of hydrogen-bond donors (Lipinski definition) is 0. The Morgan fingerprint density at radius 2 is 1.71 bits per heavy atom. The fourth-order valence-corrected chi connectivity index (χ4v) is 6.90. The first-order valence-corrected chi connectivity index (χ1v) is 14.0. The van der Waals surface area contributed by atoms with Crippen molar-refractivity contribution in [3.63, 3.8) is 0 Å². The van der Waals surface area contributed by atoms with Gasteiger partial charge in [-0.3, -0.25) is 0 Å². The molecule has 180 valence electrons. The van der Waals surface area contributed by atoms with Crippen LogP contribution in [0, 0.1) is 5.82 Å². The van der Waals surface area contributed by atoms with E-state index in [-0.39, 0.29) is 11.7 Å². The van der Waals surface area contributed by atoms with Gasteiger partial charge in [0.15, 0.2) is 0 Å². The molecule has 1 aliphatic rings. The average Bonchev–Trinajstić information content (AvgIpc) is 2.83. The minimum Gasteiger partial charge on any atom is -0.371 e. The lowest BCUT2D eigenvalue weighted by atomic mass is 9.88. The summed E-state index contributed by atoms with van der Waals surface area (Å²) in [4.78, 5) is 3.42. The molecule has 3 aromatic rings. The molecule has 0 unspecified atom stereocenters. The van der Waals surface area contributed by atoms with E-state index in [1.54, 1.807) is 32.3 Å². The minimum atomic E-state index is -3.52. The topological polar surface area (TPSA) is 40.6 Å². The molecule has 4 nitrogen and oxygen atoms in total. The lowest BCUT2D eigenvalue weighted by Gasteiger charge is -2.35. The summed E-state index contributed by atoms with van der Waals surface area (Å²) >= 11 is 7.44. The van der Waals surface area contributed by atoms with Crippen molar-refractivity contribution >= 4 is 39.1 Å². The first kappa shape index (κ1) is 25.0. The van der Waals surface area contributed by atoms with Crippen LogP contribution < -0.4 is 4.90 Å². The third kappa shape index (κ3) is 5.43. The number of para-hydroxylation sites is 1. The van der Waals surface area contributed by atoms with Crippen molar-refractivity contribution in [1.29, 1.82) is 0 Å². The van der Waals surface area contributed by atoms with Gasteiger partial charge in [-0.05, 0) is 60.2 Å². The molecule has 0 aliphatic carbocycles. The summed E-state index contributed by atoms with van der Waals surface area (Å²) in [5, 5.41) is 0.421. The van der Waals surface area contributed by atoms with Gasteiger partial charge in [0.1, 0.15) is 5.82 Å². The van der Waals surface area contributed by atoms with Crippen molar-refractivity contribution < 1.29 is 12.8 Å². The number of rotatable bonds is 7. The highest BCUT2D eigenvalue weighted by molar-refractivity contribution is 7.99. The van der Waals surface area contributed by atoms with E-state index in [2.05, 4.69) is 17.0 Å². The van der Waals surface area contributed by atoms with E-state index in [4.69, 9.17) is 11.6 Å². The number of anilines is 1. The monoisotopic (exact) mass is 518 g/mol. The largest absolute Gasteiger partial charge is 0.371 e. The van der Waals surface area contributed by atoms with Gasteiger partial charge in [-0.2, -0.15) is 0 Å². The van der Waals surface area contributed by atoms with Gasteiger partial charge in [0, 0.05) is 48.5 Å².